The maximum Gasteiger partial charge on any atom is 0.0471 e. The van der Waals surface area contributed by atoms with E-state index >= 15 is 0 Å². The molecule has 1 aromatic carbocycles. The molecular formula is C15H25NO. The lowest BCUT2D eigenvalue weighted by Gasteiger charge is -2.24. The highest BCUT2D eigenvalue weighted by molar-refractivity contribution is 5.30. The molecule has 0 aliphatic rings. The summed E-state index contributed by atoms with van der Waals surface area (Å²) in [5.41, 5.74) is 3.92. The summed E-state index contributed by atoms with van der Waals surface area (Å²) in [6.45, 7) is 10.8. The van der Waals surface area contributed by atoms with Gasteiger partial charge in [-0.15, -0.1) is 0 Å². The van der Waals surface area contributed by atoms with E-state index in [9.17, 15) is 0 Å². The average molecular weight is 235 g/mol. The van der Waals surface area contributed by atoms with Crippen molar-refractivity contribution in [2.24, 2.45) is 5.92 Å². The Morgan fingerprint density at radius 1 is 1.06 bits per heavy atom. The molecule has 0 radical (unpaired) electrons. The minimum absolute atomic E-state index is 0.230. The molecule has 3 unspecified atom stereocenters. The van der Waals surface area contributed by atoms with Crippen LogP contribution in [0.25, 0.3) is 0 Å². The standard InChI is InChI=1S/C15H25NO/c1-10-6-11(2)8-15(7-10)14(5)16-13(4)12(3)9-17/h6-8,12-14,16-17H,9H2,1-5H3. The highest BCUT2D eigenvalue weighted by Gasteiger charge is 2.14. The van der Waals surface area contributed by atoms with Gasteiger partial charge in [0, 0.05) is 18.7 Å². The molecule has 0 saturated carbocycles. The summed E-state index contributed by atoms with van der Waals surface area (Å²) < 4.78 is 0. The van der Waals surface area contributed by atoms with Gasteiger partial charge >= 0.3 is 0 Å². The van der Waals surface area contributed by atoms with Gasteiger partial charge in [0.05, 0.1) is 0 Å². The molecule has 1 aromatic rings. The molecule has 3 atom stereocenters. The van der Waals surface area contributed by atoms with Crippen molar-refractivity contribution in [1.29, 1.82) is 0 Å². The molecule has 17 heavy (non-hydrogen) atoms. The van der Waals surface area contributed by atoms with Gasteiger partial charge in [-0.25, -0.2) is 0 Å². The first-order chi connectivity index (χ1) is 7.93. The van der Waals surface area contributed by atoms with Gasteiger partial charge in [0.15, 0.2) is 0 Å². The van der Waals surface area contributed by atoms with E-state index in [0.717, 1.165) is 0 Å². The molecule has 2 N–H and O–H groups in total. The van der Waals surface area contributed by atoms with Crippen molar-refractivity contribution < 1.29 is 5.11 Å². The van der Waals surface area contributed by atoms with Crippen LogP contribution in [-0.4, -0.2) is 17.8 Å². The molecule has 0 fully saturated rings. The number of hydrogen-bond donors (Lipinski definition) is 2. The highest BCUT2D eigenvalue weighted by atomic mass is 16.3. The van der Waals surface area contributed by atoms with Crippen molar-refractivity contribution in [3.8, 4) is 0 Å². The normalized spacial score (nSPS) is 16.6. The molecule has 0 aromatic heterocycles. The summed E-state index contributed by atoms with van der Waals surface area (Å²) in [5, 5.41) is 12.7. The van der Waals surface area contributed by atoms with Gasteiger partial charge in [-0.2, -0.15) is 0 Å². The van der Waals surface area contributed by atoms with Gasteiger partial charge < -0.3 is 10.4 Å². The van der Waals surface area contributed by atoms with Gasteiger partial charge in [-0.1, -0.05) is 36.2 Å². The molecule has 0 saturated heterocycles. The Morgan fingerprint density at radius 3 is 2.06 bits per heavy atom. The zero-order valence-electron chi connectivity index (χ0n) is 11.6. The third kappa shape index (κ3) is 4.14. The van der Waals surface area contributed by atoms with Crippen molar-refractivity contribution in [2.45, 2.75) is 46.7 Å². The average Bonchev–Trinajstić information content (AvgIpc) is 2.26. The molecule has 96 valence electrons. The van der Waals surface area contributed by atoms with Crippen molar-refractivity contribution in [3.05, 3.63) is 34.9 Å². The number of hydrogen-bond acceptors (Lipinski definition) is 2. The Labute approximate surface area is 105 Å². The Morgan fingerprint density at radius 2 is 1.59 bits per heavy atom. The second-order valence-electron chi connectivity index (χ2n) is 5.26. The van der Waals surface area contributed by atoms with Crippen LogP contribution in [0.2, 0.25) is 0 Å². The van der Waals surface area contributed by atoms with Crippen LogP contribution in [0, 0.1) is 19.8 Å². The first-order valence-corrected chi connectivity index (χ1v) is 6.39. The first-order valence-electron chi connectivity index (χ1n) is 6.39. The smallest absolute Gasteiger partial charge is 0.0471 e. The largest absolute Gasteiger partial charge is 0.396 e. The quantitative estimate of drug-likeness (QED) is 0.822. The zero-order valence-corrected chi connectivity index (χ0v) is 11.6. The molecule has 1 rings (SSSR count). The molecule has 0 spiro atoms. The van der Waals surface area contributed by atoms with E-state index in [1.54, 1.807) is 0 Å². The lowest BCUT2D eigenvalue weighted by Crippen LogP contribution is -2.35. The van der Waals surface area contributed by atoms with Crippen LogP contribution in [0.4, 0.5) is 0 Å². The fraction of sp³-hybridized carbons (Fsp3) is 0.600. The van der Waals surface area contributed by atoms with Gasteiger partial charge in [0.1, 0.15) is 0 Å². The second-order valence-corrected chi connectivity index (χ2v) is 5.26. The van der Waals surface area contributed by atoms with E-state index in [2.05, 4.69) is 58.1 Å². The predicted molar refractivity (Wildman–Crippen MR) is 73.2 cm³/mol. The monoisotopic (exact) mass is 235 g/mol. The molecule has 0 amide bonds. The fourth-order valence-electron chi connectivity index (χ4n) is 2.07. The van der Waals surface area contributed by atoms with Crippen molar-refractivity contribution >= 4 is 0 Å². The van der Waals surface area contributed by atoms with Crippen molar-refractivity contribution in [1.82, 2.24) is 5.32 Å². The number of aliphatic hydroxyl groups excluding tert-OH is 1. The highest BCUT2D eigenvalue weighted by Crippen LogP contribution is 2.18. The SMILES string of the molecule is Cc1cc(C)cc(C(C)NC(C)C(C)CO)c1. The summed E-state index contributed by atoms with van der Waals surface area (Å²) in [5.74, 6) is 0.281. The molecular weight excluding hydrogens is 210 g/mol. The predicted octanol–water partition coefficient (Wildman–Crippen LogP) is 2.97. The number of benzene rings is 1. The van der Waals surface area contributed by atoms with Crippen LogP contribution in [0.15, 0.2) is 18.2 Å². The van der Waals surface area contributed by atoms with Gasteiger partial charge in [0.25, 0.3) is 0 Å². The third-order valence-corrected chi connectivity index (χ3v) is 3.40. The zero-order chi connectivity index (χ0) is 13.0. The van der Waals surface area contributed by atoms with E-state index in [0.29, 0.717) is 12.1 Å². The summed E-state index contributed by atoms with van der Waals surface area (Å²) in [6, 6.07) is 7.27. The Kier molecular flexibility index (Phi) is 5.16. The van der Waals surface area contributed by atoms with E-state index < -0.39 is 0 Å². The third-order valence-electron chi connectivity index (χ3n) is 3.40. The van der Waals surface area contributed by atoms with E-state index in [-0.39, 0.29) is 12.5 Å². The van der Waals surface area contributed by atoms with Crippen molar-refractivity contribution in [2.75, 3.05) is 6.61 Å². The van der Waals surface area contributed by atoms with Crippen LogP contribution in [-0.2, 0) is 0 Å². The topological polar surface area (TPSA) is 32.3 Å². The molecule has 0 heterocycles. The van der Waals surface area contributed by atoms with Crippen molar-refractivity contribution in [3.63, 3.8) is 0 Å². The minimum Gasteiger partial charge on any atom is -0.396 e. The number of rotatable bonds is 5. The van der Waals surface area contributed by atoms with Gasteiger partial charge in [-0.3, -0.25) is 0 Å². The van der Waals surface area contributed by atoms with Crippen LogP contribution in [0.3, 0.4) is 0 Å². The minimum atomic E-state index is 0.230. The summed E-state index contributed by atoms with van der Waals surface area (Å²) in [7, 11) is 0. The van der Waals surface area contributed by atoms with Crippen LogP contribution in [0.1, 0.15) is 43.5 Å². The van der Waals surface area contributed by atoms with E-state index in [4.69, 9.17) is 5.11 Å². The summed E-state index contributed by atoms with van der Waals surface area (Å²) in [4.78, 5) is 0. The van der Waals surface area contributed by atoms with Gasteiger partial charge in [-0.05, 0) is 39.2 Å². The molecule has 0 aliphatic carbocycles. The summed E-state index contributed by atoms with van der Waals surface area (Å²) >= 11 is 0. The molecule has 0 bridgehead atoms. The lowest BCUT2D eigenvalue weighted by molar-refractivity contribution is 0.202. The molecule has 2 nitrogen and oxygen atoms in total. The molecule has 2 heteroatoms. The Balaban J connectivity index is 2.72. The molecule has 0 aliphatic heterocycles. The fourth-order valence-corrected chi connectivity index (χ4v) is 2.07. The Hall–Kier alpha value is -0.860. The number of aryl methyl sites for hydroxylation is 2. The first kappa shape index (κ1) is 14.2. The Bertz CT molecular complexity index is 342. The number of aliphatic hydroxyl groups is 1. The maximum absolute atomic E-state index is 9.14. The van der Waals surface area contributed by atoms with E-state index in [1.165, 1.54) is 16.7 Å². The van der Waals surface area contributed by atoms with Crippen LogP contribution in [0.5, 0.6) is 0 Å². The lowest BCUT2D eigenvalue weighted by atomic mass is 9.99. The van der Waals surface area contributed by atoms with Crippen LogP contribution < -0.4 is 5.32 Å². The maximum atomic E-state index is 9.14. The number of nitrogens with one attached hydrogen (secondary N) is 1. The van der Waals surface area contributed by atoms with E-state index in [1.807, 2.05) is 0 Å². The summed E-state index contributed by atoms with van der Waals surface area (Å²) in [6.07, 6.45) is 0. The second kappa shape index (κ2) is 6.18. The van der Waals surface area contributed by atoms with Gasteiger partial charge in [0.2, 0.25) is 0 Å². The van der Waals surface area contributed by atoms with Crippen LogP contribution >= 0.6 is 0 Å².